The van der Waals surface area contributed by atoms with Crippen molar-refractivity contribution in [2.75, 3.05) is 0 Å². The molecule has 0 saturated carbocycles. The first kappa shape index (κ1) is 14.4. The fourth-order valence-corrected chi connectivity index (χ4v) is 2.31. The van der Waals surface area contributed by atoms with Crippen LogP contribution in [0.15, 0.2) is 34.2 Å². The van der Waals surface area contributed by atoms with E-state index in [0.717, 1.165) is 31.2 Å². The molecule has 0 unspecified atom stereocenters. The molecule has 0 aliphatic rings. The van der Waals surface area contributed by atoms with E-state index in [9.17, 15) is 9.90 Å². The van der Waals surface area contributed by atoms with Gasteiger partial charge in [-0.3, -0.25) is 4.79 Å². The Morgan fingerprint density at radius 2 is 2.10 bits per heavy atom. The average molecular weight is 272 g/mol. The van der Waals surface area contributed by atoms with Gasteiger partial charge in [0.15, 0.2) is 0 Å². The molecule has 0 radical (unpaired) electrons. The van der Waals surface area contributed by atoms with Crippen molar-refractivity contribution in [1.82, 2.24) is 0 Å². The molecule has 3 heteroatoms. The summed E-state index contributed by atoms with van der Waals surface area (Å²) in [5, 5.41) is 10.3. The SMILES string of the molecule is C=C(C)c1coc2cc(CCCCC)cc(O)c2c1=O. The van der Waals surface area contributed by atoms with Crippen LogP contribution in [-0.2, 0) is 6.42 Å². The number of allylic oxidation sites excluding steroid dienone is 1. The van der Waals surface area contributed by atoms with E-state index in [1.54, 1.807) is 13.0 Å². The Morgan fingerprint density at radius 1 is 1.35 bits per heavy atom. The number of fused-ring (bicyclic) bond motifs is 1. The number of benzene rings is 1. The maximum Gasteiger partial charge on any atom is 0.203 e. The van der Waals surface area contributed by atoms with Gasteiger partial charge in [0.2, 0.25) is 5.43 Å². The van der Waals surface area contributed by atoms with Gasteiger partial charge in [-0.15, -0.1) is 0 Å². The lowest BCUT2D eigenvalue weighted by Gasteiger charge is -2.07. The van der Waals surface area contributed by atoms with Gasteiger partial charge in [-0.1, -0.05) is 26.3 Å². The molecule has 3 nitrogen and oxygen atoms in total. The number of hydrogen-bond donors (Lipinski definition) is 1. The second-order valence-electron chi connectivity index (χ2n) is 5.20. The summed E-state index contributed by atoms with van der Waals surface area (Å²) in [6.07, 6.45) is 5.66. The average Bonchev–Trinajstić information content (AvgIpc) is 2.38. The summed E-state index contributed by atoms with van der Waals surface area (Å²) in [6, 6.07) is 3.51. The zero-order chi connectivity index (χ0) is 14.7. The third kappa shape index (κ3) is 2.77. The largest absolute Gasteiger partial charge is 0.507 e. The molecule has 1 heterocycles. The van der Waals surface area contributed by atoms with Gasteiger partial charge in [0.25, 0.3) is 0 Å². The standard InChI is InChI=1S/C17H20O3/c1-4-5-6-7-12-8-14(18)16-15(9-12)20-10-13(11(2)3)17(16)19/h8-10,18H,2,4-7H2,1,3H3. The Balaban J connectivity index is 2.49. The molecule has 2 rings (SSSR count). The first-order valence-electron chi connectivity index (χ1n) is 6.98. The number of hydrogen-bond acceptors (Lipinski definition) is 3. The third-order valence-corrected chi connectivity index (χ3v) is 3.45. The Bertz CT molecular complexity index is 695. The van der Waals surface area contributed by atoms with Gasteiger partial charge in [0.1, 0.15) is 23.0 Å². The van der Waals surface area contributed by atoms with Gasteiger partial charge in [-0.05, 0) is 43.0 Å². The van der Waals surface area contributed by atoms with Crippen molar-refractivity contribution in [2.24, 2.45) is 0 Å². The highest BCUT2D eigenvalue weighted by Crippen LogP contribution is 2.26. The number of unbranched alkanes of at least 4 members (excludes halogenated alkanes) is 2. The molecule has 0 aliphatic carbocycles. The fourth-order valence-electron chi connectivity index (χ4n) is 2.31. The smallest absolute Gasteiger partial charge is 0.203 e. The zero-order valence-electron chi connectivity index (χ0n) is 12.0. The summed E-state index contributed by atoms with van der Waals surface area (Å²) < 4.78 is 5.49. The quantitative estimate of drug-likeness (QED) is 0.827. The molecule has 2 aromatic rings. The minimum Gasteiger partial charge on any atom is -0.507 e. The minimum atomic E-state index is -0.226. The molecule has 0 amide bonds. The molecule has 1 N–H and O–H groups in total. The van der Waals surface area contributed by atoms with E-state index in [0.29, 0.717) is 16.7 Å². The first-order valence-corrected chi connectivity index (χ1v) is 6.98. The lowest BCUT2D eigenvalue weighted by atomic mass is 10.0. The Kier molecular flexibility index (Phi) is 4.28. The fraction of sp³-hybridized carbons (Fsp3) is 0.353. The van der Waals surface area contributed by atoms with E-state index in [1.807, 2.05) is 6.07 Å². The summed E-state index contributed by atoms with van der Waals surface area (Å²) in [4.78, 5) is 12.3. The van der Waals surface area contributed by atoms with Crippen LogP contribution in [0.2, 0.25) is 0 Å². The molecule has 106 valence electrons. The normalized spacial score (nSPS) is 10.9. The maximum atomic E-state index is 12.3. The maximum absolute atomic E-state index is 12.3. The van der Waals surface area contributed by atoms with Gasteiger partial charge in [0.05, 0.1) is 5.56 Å². The van der Waals surface area contributed by atoms with E-state index < -0.39 is 0 Å². The lowest BCUT2D eigenvalue weighted by Crippen LogP contribution is -2.07. The van der Waals surface area contributed by atoms with Crippen LogP contribution >= 0.6 is 0 Å². The topological polar surface area (TPSA) is 50.4 Å². The summed E-state index contributed by atoms with van der Waals surface area (Å²) in [7, 11) is 0. The molecule has 20 heavy (non-hydrogen) atoms. The number of phenols is 1. The van der Waals surface area contributed by atoms with Crippen LogP contribution in [0, 0.1) is 0 Å². The minimum absolute atomic E-state index is 0.00847. The van der Waals surface area contributed by atoms with Crippen molar-refractivity contribution in [3.05, 3.63) is 46.3 Å². The summed E-state index contributed by atoms with van der Waals surface area (Å²) in [5.41, 5.74) is 2.25. The zero-order valence-corrected chi connectivity index (χ0v) is 12.0. The molecular formula is C17H20O3. The Morgan fingerprint density at radius 3 is 2.75 bits per heavy atom. The Hall–Kier alpha value is -2.03. The van der Waals surface area contributed by atoms with Crippen LogP contribution in [0.1, 0.15) is 44.2 Å². The molecule has 0 fully saturated rings. The highest BCUT2D eigenvalue weighted by atomic mass is 16.3. The van der Waals surface area contributed by atoms with Crippen molar-refractivity contribution in [2.45, 2.75) is 39.5 Å². The lowest BCUT2D eigenvalue weighted by molar-refractivity contribution is 0.478. The van der Waals surface area contributed by atoms with E-state index >= 15 is 0 Å². The van der Waals surface area contributed by atoms with Crippen LogP contribution in [0.5, 0.6) is 5.75 Å². The predicted molar refractivity (Wildman–Crippen MR) is 82.1 cm³/mol. The van der Waals surface area contributed by atoms with Crippen molar-refractivity contribution in [1.29, 1.82) is 0 Å². The molecule has 1 aromatic carbocycles. The summed E-state index contributed by atoms with van der Waals surface area (Å²) in [6.45, 7) is 7.64. The third-order valence-electron chi connectivity index (χ3n) is 3.45. The first-order chi connectivity index (χ1) is 9.54. The number of phenolic OH excluding ortho intramolecular Hbond substituents is 1. The molecule has 0 atom stereocenters. The second-order valence-corrected chi connectivity index (χ2v) is 5.20. The molecule has 0 saturated heterocycles. The number of aryl methyl sites for hydroxylation is 1. The molecule has 0 bridgehead atoms. The molecule has 1 aromatic heterocycles. The molecule has 0 spiro atoms. The summed E-state index contributed by atoms with van der Waals surface area (Å²) >= 11 is 0. The van der Waals surface area contributed by atoms with E-state index in [-0.39, 0.29) is 16.6 Å². The van der Waals surface area contributed by atoms with Crippen molar-refractivity contribution < 1.29 is 9.52 Å². The van der Waals surface area contributed by atoms with Crippen LogP contribution in [0.4, 0.5) is 0 Å². The van der Waals surface area contributed by atoms with E-state index in [1.165, 1.54) is 6.26 Å². The van der Waals surface area contributed by atoms with E-state index in [4.69, 9.17) is 4.42 Å². The predicted octanol–water partition coefficient (Wildman–Crippen LogP) is 4.26. The van der Waals surface area contributed by atoms with Crippen molar-refractivity contribution >= 4 is 16.5 Å². The highest BCUT2D eigenvalue weighted by Gasteiger charge is 2.12. The monoisotopic (exact) mass is 272 g/mol. The van der Waals surface area contributed by atoms with Gasteiger partial charge in [0, 0.05) is 0 Å². The van der Waals surface area contributed by atoms with Crippen LogP contribution in [-0.4, -0.2) is 5.11 Å². The van der Waals surface area contributed by atoms with Gasteiger partial charge in [-0.25, -0.2) is 0 Å². The highest BCUT2D eigenvalue weighted by molar-refractivity contribution is 5.86. The van der Waals surface area contributed by atoms with Gasteiger partial charge < -0.3 is 9.52 Å². The van der Waals surface area contributed by atoms with Gasteiger partial charge >= 0.3 is 0 Å². The second kappa shape index (κ2) is 5.95. The van der Waals surface area contributed by atoms with Crippen LogP contribution in [0.25, 0.3) is 16.5 Å². The van der Waals surface area contributed by atoms with Crippen LogP contribution in [0.3, 0.4) is 0 Å². The number of rotatable bonds is 5. The molecular weight excluding hydrogens is 252 g/mol. The van der Waals surface area contributed by atoms with Crippen molar-refractivity contribution in [3.8, 4) is 5.75 Å². The molecule has 0 aliphatic heterocycles. The van der Waals surface area contributed by atoms with Gasteiger partial charge in [-0.2, -0.15) is 0 Å². The summed E-state index contributed by atoms with van der Waals surface area (Å²) in [5.74, 6) is -0.00847. The van der Waals surface area contributed by atoms with Crippen LogP contribution < -0.4 is 5.43 Å². The van der Waals surface area contributed by atoms with E-state index in [2.05, 4.69) is 13.5 Å². The number of aromatic hydroxyl groups is 1. The van der Waals surface area contributed by atoms with Crippen molar-refractivity contribution in [3.63, 3.8) is 0 Å². The Labute approximate surface area is 118 Å².